The van der Waals surface area contributed by atoms with Crippen LogP contribution in [0.1, 0.15) is 0 Å². The van der Waals surface area contributed by atoms with Crippen LogP contribution >= 0.6 is 0 Å². The Bertz CT molecular complexity index is 3530. The van der Waals surface area contributed by atoms with Gasteiger partial charge in [0.05, 0.1) is 0 Å². The molecule has 12 aromatic carbocycles. The smallest absolute Gasteiger partial charge is 0.000719 e. The molecule has 0 aromatic heterocycles. The summed E-state index contributed by atoms with van der Waals surface area (Å²) >= 11 is 0. The first-order valence-corrected chi connectivity index (χ1v) is 20.9. The summed E-state index contributed by atoms with van der Waals surface area (Å²) in [6.45, 7) is 0. The summed E-state index contributed by atoms with van der Waals surface area (Å²) in [5.74, 6) is 0. The second-order valence-electron chi connectivity index (χ2n) is 15.9. The molecular weight excluding hydrogens is 721 g/mol. The lowest BCUT2D eigenvalue weighted by atomic mass is 9.72. The van der Waals surface area contributed by atoms with Crippen LogP contribution in [0, 0.1) is 0 Å². The minimum Gasteiger partial charge on any atom is -0.0622 e. The van der Waals surface area contributed by atoms with E-state index in [1.807, 2.05) is 0 Å². The first kappa shape index (κ1) is 34.3. The quantitative estimate of drug-likeness (QED) is 0.148. The molecule has 0 heteroatoms. The van der Waals surface area contributed by atoms with Crippen LogP contribution in [0.2, 0.25) is 0 Å². The Hall–Kier alpha value is -7.80. The molecule has 0 aliphatic rings. The fourth-order valence-electron chi connectivity index (χ4n) is 10.1. The number of rotatable bonds is 6. The van der Waals surface area contributed by atoms with Crippen LogP contribution in [-0.4, -0.2) is 0 Å². The molecule has 0 aliphatic carbocycles. The van der Waals surface area contributed by atoms with Crippen molar-refractivity contribution in [2.45, 2.75) is 0 Å². The third kappa shape index (κ3) is 5.32. The summed E-state index contributed by atoms with van der Waals surface area (Å²) < 4.78 is 0. The lowest BCUT2D eigenvalue weighted by Gasteiger charge is -2.30. The van der Waals surface area contributed by atoms with Crippen LogP contribution in [0.25, 0.3) is 121 Å². The van der Waals surface area contributed by atoms with Gasteiger partial charge in [0.2, 0.25) is 0 Å². The molecule has 12 rings (SSSR count). The number of benzene rings is 12. The van der Waals surface area contributed by atoms with Gasteiger partial charge in [0.15, 0.2) is 0 Å². The molecule has 0 unspecified atom stereocenters. The third-order valence-electron chi connectivity index (χ3n) is 12.6. The fraction of sp³-hybridized carbons (Fsp3) is 0. The molecule has 12 aromatic rings. The molecule has 0 N–H and O–H groups in total. The zero-order chi connectivity index (χ0) is 39.6. The van der Waals surface area contributed by atoms with Gasteiger partial charge in [0.25, 0.3) is 0 Å². The van der Waals surface area contributed by atoms with E-state index in [9.17, 15) is 0 Å². The van der Waals surface area contributed by atoms with E-state index in [1.165, 1.54) is 121 Å². The molecule has 278 valence electrons. The fourth-order valence-corrected chi connectivity index (χ4v) is 10.1. The predicted molar refractivity (Wildman–Crippen MR) is 258 cm³/mol. The number of hydrogen-bond acceptors (Lipinski definition) is 0. The molecule has 0 aliphatic heterocycles. The minimum absolute atomic E-state index is 1.18. The summed E-state index contributed by atoms with van der Waals surface area (Å²) in [5.41, 5.74) is 14.5. The highest BCUT2D eigenvalue weighted by atomic mass is 14.3. The normalized spacial score (nSPS) is 11.7. The predicted octanol–water partition coefficient (Wildman–Crippen LogP) is 16.9. The zero-order valence-corrected chi connectivity index (χ0v) is 32.9. The molecular formula is C60H38. The van der Waals surface area contributed by atoms with E-state index in [4.69, 9.17) is 0 Å². The largest absolute Gasteiger partial charge is 0.0622 e. The highest BCUT2D eigenvalue weighted by Gasteiger charge is 2.31. The first-order valence-electron chi connectivity index (χ1n) is 20.9. The molecule has 0 nitrogen and oxygen atoms in total. The van der Waals surface area contributed by atoms with E-state index >= 15 is 0 Å². The molecule has 0 atom stereocenters. The van der Waals surface area contributed by atoms with E-state index in [-0.39, 0.29) is 0 Å². The van der Waals surface area contributed by atoms with Gasteiger partial charge in [0, 0.05) is 0 Å². The standard InChI is InChI=1S/C60H38/c1-5-18-39(19-6-1)55-56(40-20-7-2-8-21-40)58(42-24-11-4-12-25-42)60(52-38-46-26-13-14-29-47(46)48-30-15-16-31-49(48)52)59(57(55)41-22-9-3-10-23-41)51-37-35-45-33-32-43-27-17-28-44-34-36-50(51)54(45)53(43)44/h1-38H. The van der Waals surface area contributed by atoms with E-state index in [2.05, 4.69) is 231 Å². The van der Waals surface area contributed by atoms with Crippen molar-refractivity contribution in [2.24, 2.45) is 0 Å². The molecule has 0 fully saturated rings. The lowest BCUT2D eigenvalue weighted by Crippen LogP contribution is -2.03. The molecule has 0 saturated carbocycles. The molecule has 0 saturated heterocycles. The minimum atomic E-state index is 1.18. The second-order valence-corrected chi connectivity index (χ2v) is 15.9. The average Bonchev–Trinajstić information content (AvgIpc) is 3.33. The van der Waals surface area contributed by atoms with Gasteiger partial charge in [-0.2, -0.15) is 0 Å². The Balaban J connectivity index is 1.41. The molecule has 0 heterocycles. The molecule has 0 spiro atoms. The summed E-state index contributed by atoms with van der Waals surface area (Å²) in [6.07, 6.45) is 0. The molecule has 0 radical (unpaired) electrons. The van der Waals surface area contributed by atoms with Crippen LogP contribution in [-0.2, 0) is 0 Å². The van der Waals surface area contributed by atoms with Crippen molar-refractivity contribution in [1.82, 2.24) is 0 Å². The van der Waals surface area contributed by atoms with Crippen LogP contribution in [0.3, 0.4) is 0 Å². The molecule has 0 bridgehead atoms. The summed E-state index contributed by atoms with van der Waals surface area (Å²) in [5, 5.41) is 12.6. The first-order chi connectivity index (χ1) is 29.8. The summed E-state index contributed by atoms with van der Waals surface area (Å²) in [6, 6.07) is 85.5. The van der Waals surface area contributed by atoms with Gasteiger partial charge in [-0.05, 0) is 127 Å². The Morgan fingerprint density at radius 2 is 0.567 bits per heavy atom. The van der Waals surface area contributed by atoms with Crippen molar-refractivity contribution in [3.8, 4) is 66.8 Å². The zero-order valence-electron chi connectivity index (χ0n) is 32.9. The highest BCUT2D eigenvalue weighted by molar-refractivity contribution is 6.28. The SMILES string of the molecule is c1ccc(-c2c(-c3ccccc3)c(-c3ccccc3)c(-c3ccc4ccc5cccc6ccc3c4c56)c(-c3cc4ccccc4c4ccccc34)c2-c2ccccc2)cc1. The highest BCUT2D eigenvalue weighted by Crippen LogP contribution is 2.58. The Kier molecular flexibility index (Phi) is 7.96. The van der Waals surface area contributed by atoms with Gasteiger partial charge >= 0.3 is 0 Å². The molecule has 60 heavy (non-hydrogen) atoms. The number of hydrogen-bond donors (Lipinski definition) is 0. The van der Waals surface area contributed by atoms with Gasteiger partial charge < -0.3 is 0 Å². The van der Waals surface area contributed by atoms with Gasteiger partial charge in [-0.3, -0.25) is 0 Å². The Morgan fingerprint density at radius 3 is 1.12 bits per heavy atom. The van der Waals surface area contributed by atoms with Crippen LogP contribution < -0.4 is 0 Å². The van der Waals surface area contributed by atoms with Gasteiger partial charge in [-0.15, -0.1) is 0 Å². The van der Waals surface area contributed by atoms with E-state index in [0.29, 0.717) is 0 Å². The van der Waals surface area contributed by atoms with Crippen molar-refractivity contribution in [1.29, 1.82) is 0 Å². The van der Waals surface area contributed by atoms with Crippen molar-refractivity contribution >= 4 is 53.9 Å². The van der Waals surface area contributed by atoms with E-state index < -0.39 is 0 Å². The summed E-state index contributed by atoms with van der Waals surface area (Å²) in [7, 11) is 0. The van der Waals surface area contributed by atoms with Gasteiger partial charge in [-0.25, -0.2) is 0 Å². The average molecular weight is 759 g/mol. The maximum atomic E-state index is 2.46. The maximum absolute atomic E-state index is 2.46. The second kappa shape index (κ2) is 13.9. The van der Waals surface area contributed by atoms with Gasteiger partial charge in [-0.1, -0.05) is 224 Å². The third-order valence-corrected chi connectivity index (χ3v) is 12.6. The lowest BCUT2D eigenvalue weighted by molar-refractivity contribution is 1.53. The van der Waals surface area contributed by atoms with Crippen LogP contribution in [0.5, 0.6) is 0 Å². The Morgan fingerprint density at radius 1 is 0.183 bits per heavy atom. The Labute approximate surface area is 349 Å². The topological polar surface area (TPSA) is 0 Å². The van der Waals surface area contributed by atoms with Crippen LogP contribution in [0.4, 0.5) is 0 Å². The van der Waals surface area contributed by atoms with Crippen LogP contribution in [0.15, 0.2) is 231 Å². The maximum Gasteiger partial charge on any atom is -0.000719 e. The molecule has 0 amide bonds. The van der Waals surface area contributed by atoms with Gasteiger partial charge in [0.1, 0.15) is 0 Å². The van der Waals surface area contributed by atoms with Crippen molar-refractivity contribution in [2.75, 3.05) is 0 Å². The summed E-state index contributed by atoms with van der Waals surface area (Å²) in [4.78, 5) is 0. The monoisotopic (exact) mass is 758 g/mol. The van der Waals surface area contributed by atoms with Crippen molar-refractivity contribution < 1.29 is 0 Å². The number of fused-ring (bicyclic) bond motifs is 3. The van der Waals surface area contributed by atoms with Crippen molar-refractivity contribution in [3.05, 3.63) is 231 Å². The van der Waals surface area contributed by atoms with E-state index in [1.54, 1.807) is 0 Å². The van der Waals surface area contributed by atoms with Crippen molar-refractivity contribution in [3.63, 3.8) is 0 Å². The van der Waals surface area contributed by atoms with E-state index in [0.717, 1.165) is 0 Å².